The highest BCUT2D eigenvalue weighted by Gasteiger charge is 2.08. The molecule has 0 fully saturated rings. The second kappa shape index (κ2) is 8.43. The lowest BCUT2D eigenvalue weighted by Crippen LogP contribution is -2.35. The molecule has 0 saturated heterocycles. The molecule has 1 rings (SSSR count). The van der Waals surface area contributed by atoms with E-state index in [1.165, 1.54) is 37.1 Å². The van der Waals surface area contributed by atoms with Gasteiger partial charge in [-0.05, 0) is 57.8 Å². The van der Waals surface area contributed by atoms with Gasteiger partial charge in [-0.25, -0.2) is 0 Å². The van der Waals surface area contributed by atoms with E-state index < -0.39 is 0 Å². The molecule has 0 bridgehead atoms. The Kier molecular flexibility index (Phi) is 7.25. The number of rotatable bonds is 8. The summed E-state index contributed by atoms with van der Waals surface area (Å²) in [4.78, 5) is 2.54. The fourth-order valence-corrected chi connectivity index (χ4v) is 2.29. The molecule has 1 N–H and O–H groups in total. The predicted octanol–water partition coefficient (Wildman–Crippen LogP) is 4.20. The Balaban J connectivity index is 2.52. The van der Waals surface area contributed by atoms with Crippen LogP contribution in [-0.4, -0.2) is 23.5 Å². The van der Waals surface area contributed by atoms with Crippen molar-refractivity contribution >= 4 is 0 Å². The summed E-state index contributed by atoms with van der Waals surface area (Å²) in [6.07, 6.45) is 2.46. The first-order chi connectivity index (χ1) is 9.44. The molecular formula is C18H32N2. The lowest BCUT2D eigenvalue weighted by Gasteiger charge is -2.22. The summed E-state index contributed by atoms with van der Waals surface area (Å²) in [5.41, 5.74) is 2.96. The number of nitrogens with zero attached hydrogens (tertiary/aromatic N) is 1. The van der Waals surface area contributed by atoms with E-state index in [9.17, 15) is 0 Å². The van der Waals surface area contributed by atoms with Crippen molar-refractivity contribution in [3.63, 3.8) is 0 Å². The molecule has 2 heteroatoms. The van der Waals surface area contributed by atoms with Crippen LogP contribution in [-0.2, 0) is 13.1 Å². The maximum Gasteiger partial charge on any atom is 0.0233 e. The highest BCUT2D eigenvalue weighted by Crippen LogP contribution is 2.10. The summed E-state index contributed by atoms with van der Waals surface area (Å²) >= 11 is 0. The van der Waals surface area contributed by atoms with Crippen molar-refractivity contribution in [2.45, 2.75) is 66.1 Å². The monoisotopic (exact) mass is 276 g/mol. The third kappa shape index (κ3) is 7.06. The van der Waals surface area contributed by atoms with Crippen LogP contribution in [0.4, 0.5) is 0 Å². The van der Waals surface area contributed by atoms with Gasteiger partial charge in [0.1, 0.15) is 0 Å². The minimum Gasteiger partial charge on any atom is -0.308 e. The van der Waals surface area contributed by atoms with Crippen LogP contribution in [0.2, 0.25) is 0 Å². The predicted molar refractivity (Wildman–Crippen MR) is 88.9 cm³/mol. The van der Waals surface area contributed by atoms with Crippen molar-refractivity contribution in [3.8, 4) is 0 Å². The van der Waals surface area contributed by atoms with E-state index in [2.05, 4.69) is 69.1 Å². The van der Waals surface area contributed by atoms with Crippen LogP contribution >= 0.6 is 0 Å². The summed E-state index contributed by atoms with van der Waals surface area (Å²) < 4.78 is 0. The normalized spacial score (nSPS) is 12.1. The van der Waals surface area contributed by atoms with E-state index in [-0.39, 0.29) is 5.54 Å². The Morgan fingerprint density at radius 1 is 0.900 bits per heavy atom. The van der Waals surface area contributed by atoms with Crippen LogP contribution < -0.4 is 5.32 Å². The number of benzene rings is 1. The molecular weight excluding hydrogens is 244 g/mol. The summed E-state index contributed by atoms with van der Waals surface area (Å²) in [5.74, 6) is 0. The van der Waals surface area contributed by atoms with E-state index >= 15 is 0 Å². The van der Waals surface area contributed by atoms with Gasteiger partial charge in [0, 0.05) is 18.6 Å². The van der Waals surface area contributed by atoms with Crippen LogP contribution in [0.3, 0.4) is 0 Å². The van der Waals surface area contributed by atoms with Gasteiger partial charge in [0.15, 0.2) is 0 Å². The van der Waals surface area contributed by atoms with Crippen LogP contribution in [0.5, 0.6) is 0 Å². The average Bonchev–Trinajstić information content (AvgIpc) is 2.38. The topological polar surface area (TPSA) is 15.3 Å². The highest BCUT2D eigenvalue weighted by atomic mass is 15.1. The van der Waals surface area contributed by atoms with Gasteiger partial charge >= 0.3 is 0 Å². The van der Waals surface area contributed by atoms with Crippen molar-refractivity contribution in [1.82, 2.24) is 10.2 Å². The fourth-order valence-electron chi connectivity index (χ4n) is 2.29. The van der Waals surface area contributed by atoms with Gasteiger partial charge in [-0.2, -0.15) is 0 Å². The molecule has 0 spiro atoms. The van der Waals surface area contributed by atoms with Crippen molar-refractivity contribution in [2.24, 2.45) is 0 Å². The quantitative estimate of drug-likeness (QED) is 0.765. The van der Waals surface area contributed by atoms with E-state index in [0.717, 1.165) is 13.1 Å². The van der Waals surface area contributed by atoms with Crippen molar-refractivity contribution in [1.29, 1.82) is 0 Å². The molecule has 1 aromatic rings. The molecule has 0 unspecified atom stereocenters. The van der Waals surface area contributed by atoms with Crippen molar-refractivity contribution in [2.75, 3.05) is 13.1 Å². The van der Waals surface area contributed by atoms with E-state index in [4.69, 9.17) is 0 Å². The van der Waals surface area contributed by atoms with Crippen LogP contribution in [0, 0.1) is 0 Å². The lowest BCUT2D eigenvalue weighted by molar-refractivity contribution is 0.266. The Labute approximate surface area is 125 Å². The first-order valence-corrected chi connectivity index (χ1v) is 7.99. The standard InChI is InChI=1S/C18H32N2/c1-6-12-20(13-7-2)15-17-10-8-16(9-11-17)14-19-18(3,4)5/h8-11,19H,6-7,12-15H2,1-5H3. The number of hydrogen-bond acceptors (Lipinski definition) is 2. The minimum absolute atomic E-state index is 0.178. The van der Waals surface area contributed by atoms with E-state index in [1.54, 1.807) is 0 Å². The zero-order valence-electron chi connectivity index (χ0n) is 14.0. The molecule has 0 amide bonds. The first kappa shape index (κ1) is 17.2. The number of hydrogen-bond donors (Lipinski definition) is 1. The van der Waals surface area contributed by atoms with Crippen LogP contribution in [0.1, 0.15) is 58.6 Å². The smallest absolute Gasteiger partial charge is 0.0233 e. The molecule has 20 heavy (non-hydrogen) atoms. The molecule has 0 aliphatic rings. The van der Waals surface area contributed by atoms with Crippen LogP contribution in [0.25, 0.3) is 0 Å². The van der Waals surface area contributed by atoms with Gasteiger partial charge in [-0.15, -0.1) is 0 Å². The molecule has 0 aliphatic heterocycles. The summed E-state index contributed by atoms with van der Waals surface area (Å²) in [7, 11) is 0. The minimum atomic E-state index is 0.178. The molecule has 114 valence electrons. The SMILES string of the molecule is CCCN(CCC)Cc1ccc(CNC(C)(C)C)cc1. The van der Waals surface area contributed by atoms with Gasteiger partial charge in [-0.1, -0.05) is 38.1 Å². The molecule has 0 saturated carbocycles. The third-order valence-electron chi connectivity index (χ3n) is 3.33. The van der Waals surface area contributed by atoms with Gasteiger partial charge in [0.25, 0.3) is 0 Å². The van der Waals surface area contributed by atoms with Gasteiger partial charge in [-0.3, -0.25) is 4.90 Å². The maximum atomic E-state index is 3.53. The average molecular weight is 276 g/mol. The van der Waals surface area contributed by atoms with Gasteiger partial charge in [0.05, 0.1) is 0 Å². The molecule has 0 heterocycles. The summed E-state index contributed by atoms with van der Waals surface area (Å²) in [6, 6.07) is 9.06. The molecule has 0 atom stereocenters. The molecule has 0 aromatic heterocycles. The van der Waals surface area contributed by atoms with E-state index in [1.807, 2.05) is 0 Å². The zero-order valence-corrected chi connectivity index (χ0v) is 14.0. The molecule has 0 radical (unpaired) electrons. The van der Waals surface area contributed by atoms with Crippen molar-refractivity contribution in [3.05, 3.63) is 35.4 Å². The Morgan fingerprint density at radius 3 is 1.85 bits per heavy atom. The molecule has 0 aliphatic carbocycles. The Hall–Kier alpha value is -0.860. The Bertz CT molecular complexity index is 356. The first-order valence-electron chi connectivity index (χ1n) is 7.99. The zero-order chi connectivity index (χ0) is 15.0. The van der Waals surface area contributed by atoms with Crippen LogP contribution in [0.15, 0.2) is 24.3 Å². The third-order valence-corrected chi connectivity index (χ3v) is 3.33. The lowest BCUT2D eigenvalue weighted by atomic mass is 10.1. The van der Waals surface area contributed by atoms with Crippen molar-refractivity contribution < 1.29 is 0 Å². The second-order valence-corrected chi connectivity index (χ2v) is 6.70. The van der Waals surface area contributed by atoms with Gasteiger partial charge < -0.3 is 5.32 Å². The largest absolute Gasteiger partial charge is 0.308 e. The molecule has 1 aromatic carbocycles. The van der Waals surface area contributed by atoms with E-state index in [0.29, 0.717) is 0 Å². The fraction of sp³-hybridized carbons (Fsp3) is 0.667. The Morgan fingerprint density at radius 2 is 1.40 bits per heavy atom. The molecule has 2 nitrogen and oxygen atoms in total. The summed E-state index contributed by atoms with van der Waals surface area (Å²) in [6.45, 7) is 15.5. The highest BCUT2D eigenvalue weighted by molar-refractivity contribution is 5.22. The summed E-state index contributed by atoms with van der Waals surface area (Å²) in [5, 5.41) is 3.53. The second-order valence-electron chi connectivity index (χ2n) is 6.70. The number of nitrogens with one attached hydrogen (secondary N) is 1. The maximum absolute atomic E-state index is 3.53. The van der Waals surface area contributed by atoms with Gasteiger partial charge in [0.2, 0.25) is 0 Å².